The van der Waals surface area contributed by atoms with Crippen LogP contribution in [0.1, 0.15) is 55.8 Å². The molecule has 21 heavy (non-hydrogen) atoms. The Balaban J connectivity index is 2.22. The molecule has 0 amide bonds. The number of rotatable bonds is 7. The topological polar surface area (TPSA) is 57.5 Å². The Hall–Kier alpha value is -1.62. The van der Waals surface area contributed by atoms with Crippen LogP contribution in [0.2, 0.25) is 0 Å². The first-order valence-corrected chi connectivity index (χ1v) is 7.53. The Morgan fingerprint density at radius 2 is 2.14 bits per heavy atom. The molecule has 0 N–H and O–H groups in total. The zero-order chi connectivity index (χ0) is 15.4. The van der Waals surface area contributed by atoms with Gasteiger partial charge >= 0.3 is 5.97 Å². The van der Waals surface area contributed by atoms with Crippen LogP contribution in [0.5, 0.6) is 0 Å². The number of hydrogen-bond donors (Lipinski definition) is 0. The van der Waals surface area contributed by atoms with Crippen molar-refractivity contribution in [2.75, 3.05) is 6.61 Å². The van der Waals surface area contributed by atoms with Gasteiger partial charge < -0.3 is 14.0 Å². The van der Waals surface area contributed by atoms with Gasteiger partial charge in [-0.05, 0) is 25.5 Å². The third-order valence-corrected chi connectivity index (χ3v) is 4.11. The predicted octanol–water partition coefficient (Wildman–Crippen LogP) is 2.74. The number of unbranched alkanes of at least 4 members (excludes halogenated alkanes) is 1. The molecule has 1 aromatic heterocycles. The van der Waals surface area contributed by atoms with E-state index in [2.05, 4.69) is 6.92 Å². The van der Waals surface area contributed by atoms with Crippen molar-refractivity contribution in [3.63, 3.8) is 0 Å². The number of aromatic nitrogens is 1. The first-order valence-electron chi connectivity index (χ1n) is 7.53. The van der Waals surface area contributed by atoms with Crippen molar-refractivity contribution in [2.24, 2.45) is 5.92 Å². The molecule has 1 saturated heterocycles. The second-order valence-electron chi connectivity index (χ2n) is 5.59. The van der Waals surface area contributed by atoms with Crippen LogP contribution in [0.3, 0.4) is 0 Å². The zero-order valence-corrected chi connectivity index (χ0v) is 12.9. The lowest BCUT2D eigenvalue weighted by molar-refractivity contribution is -0.143. The van der Waals surface area contributed by atoms with Gasteiger partial charge in [-0.1, -0.05) is 20.3 Å². The summed E-state index contributed by atoms with van der Waals surface area (Å²) in [5, 5.41) is 0. The third kappa shape index (κ3) is 3.18. The summed E-state index contributed by atoms with van der Waals surface area (Å²) in [6.45, 7) is 7.03. The van der Waals surface area contributed by atoms with E-state index in [1.807, 2.05) is 19.9 Å². The second-order valence-corrected chi connectivity index (χ2v) is 5.59. The van der Waals surface area contributed by atoms with E-state index in [4.69, 9.17) is 9.47 Å². The van der Waals surface area contributed by atoms with E-state index in [1.165, 1.54) is 0 Å². The van der Waals surface area contributed by atoms with Gasteiger partial charge in [0.25, 0.3) is 0 Å². The molecule has 0 saturated carbocycles. The molecule has 2 heterocycles. The summed E-state index contributed by atoms with van der Waals surface area (Å²) < 4.78 is 12.7. The number of aldehydes is 1. The predicted molar refractivity (Wildman–Crippen MR) is 78.1 cm³/mol. The molecule has 5 heteroatoms. The summed E-state index contributed by atoms with van der Waals surface area (Å²) in [5.41, 5.74) is 1.34. The molecule has 5 nitrogen and oxygen atoms in total. The quantitative estimate of drug-likeness (QED) is 0.440. The molecule has 1 aliphatic heterocycles. The maximum Gasteiger partial charge on any atom is 0.329 e. The largest absolute Gasteiger partial charge is 0.461 e. The minimum atomic E-state index is -0.444. The van der Waals surface area contributed by atoms with E-state index < -0.39 is 6.04 Å². The highest BCUT2D eigenvalue weighted by Crippen LogP contribution is 2.34. The average Bonchev–Trinajstić information content (AvgIpc) is 2.96. The average molecular weight is 293 g/mol. The molecule has 0 aliphatic carbocycles. The molecule has 2 rings (SSSR count). The molecule has 0 radical (unpaired) electrons. The van der Waals surface area contributed by atoms with Crippen molar-refractivity contribution >= 4 is 12.3 Å². The van der Waals surface area contributed by atoms with E-state index >= 15 is 0 Å². The SMILES string of the molecule is CCCCOCc1ccc(C=O)n1[C@H]1C(=O)O[C@@H](C)[C@@H]1C. The van der Waals surface area contributed by atoms with Gasteiger partial charge in [-0.3, -0.25) is 4.79 Å². The summed E-state index contributed by atoms with van der Waals surface area (Å²) in [5.74, 6) is -0.248. The van der Waals surface area contributed by atoms with Crippen LogP contribution < -0.4 is 0 Å². The van der Waals surface area contributed by atoms with E-state index in [1.54, 1.807) is 10.6 Å². The first kappa shape index (κ1) is 15.8. The fourth-order valence-corrected chi connectivity index (χ4v) is 2.66. The normalized spacial score (nSPS) is 25.1. The van der Waals surface area contributed by atoms with E-state index in [0.29, 0.717) is 18.9 Å². The van der Waals surface area contributed by atoms with Gasteiger partial charge in [0.05, 0.1) is 12.3 Å². The highest BCUT2D eigenvalue weighted by atomic mass is 16.6. The molecule has 1 aliphatic rings. The van der Waals surface area contributed by atoms with Crippen LogP contribution in [0.25, 0.3) is 0 Å². The van der Waals surface area contributed by atoms with Crippen LogP contribution in [0, 0.1) is 5.92 Å². The Morgan fingerprint density at radius 3 is 2.71 bits per heavy atom. The molecule has 1 aromatic rings. The lowest BCUT2D eigenvalue weighted by Crippen LogP contribution is -2.24. The van der Waals surface area contributed by atoms with Gasteiger partial charge in [-0.25, -0.2) is 4.79 Å². The number of hydrogen-bond acceptors (Lipinski definition) is 4. The molecule has 0 unspecified atom stereocenters. The maximum atomic E-state index is 12.1. The van der Waals surface area contributed by atoms with Crippen molar-refractivity contribution in [1.29, 1.82) is 0 Å². The van der Waals surface area contributed by atoms with Gasteiger partial charge in [0.1, 0.15) is 12.1 Å². The Labute approximate surface area is 125 Å². The minimum Gasteiger partial charge on any atom is -0.461 e. The maximum absolute atomic E-state index is 12.1. The Morgan fingerprint density at radius 1 is 1.38 bits per heavy atom. The third-order valence-electron chi connectivity index (χ3n) is 4.11. The number of carbonyl (C=O) groups excluding carboxylic acids is 2. The summed E-state index contributed by atoms with van der Waals surface area (Å²) in [6.07, 6.45) is 2.71. The van der Waals surface area contributed by atoms with Crippen molar-refractivity contribution < 1.29 is 19.1 Å². The van der Waals surface area contributed by atoms with Gasteiger partial charge in [0, 0.05) is 18.2 Å². The highest BCUT2D eigenvalue weighted by Gasteiger charge is 2.42. The van der Waals surface area contributed by atoms with Gasteiger partial charge in [-0.15, -0.1) is 0 Å². The minimum absolute atomic E-state index is 0.0259. The van der Waals surface area contributed by atoms with Crippen LogP contribution >= 0.6 is 0 Å². The lowest BCUT2D eigenvalue weighted by atomic mass is 9.99. The van der Waals surface area contributed by atoms with E-state index in [0.717, 1.165) is 24.8 Å². The Bertz CT molecular complexity index is 508. The van der Waals surface area contributed by atoms with Gasteiger partial charge in [-0.2, -0.15) is 0 Å². The smallest absolute Gasteiger partial charge is 0.329 e. The number of carbonyl (C=O) groups is 2. The molecular formula is C16H23NO4. The van der Waals surface area contributed by atoms with Crippen LogP contribution in [0.15, 0.2) is 12.1 Å². The van der Waals surface area contributed by atoms with Gasteiger partial charge in [0.15, 0.2) is 6.29 Å². The number of cyclic esters (lactones) is 1. The molecule has 0 bridgehead atoms. The van der Waals surface area contributed by atoms with E-state index in [9.17, 15) is 9.59 Å². The standard InChI is InChI=1S/C16H23NO4/c1-4-5-8-20-10-14-7-6-13(9-18)17(14)15-11(2)12(3)21-16(15)19/h6-7,9,11-12,15H,4-5,8,10H2,1-3H3/t11-,12-,15+/m0/s1. The molecule has 116 valence electrons. The summed E-state index contributed by atoms with van der Waals surface area (Å²) in [6, 6.07) is 3.13. The second kappa shape index (κ2) is 6.89. The van der Waals surface area contributed by atoms with Crippen LogP contribution in [-0.4, -0.2) is 29.5 Å². The molecule has 0 spiro atoms. The van der Waals surface area contributed by atoms with Crippen LogP contribution in [-0.2, 0) is 20.9 Å². The highest BCUT2D eigenvalue weighted by molar-refractivity contribution is 5.80. The fraction of sp³-hybridized carbons (Fsp3) is 0.625. The Kier molecular flexibility index (Phi) is 5.17. The number of nitrogens with zero attached hydrogens (tertiary/aromatic N) is 1. The number of esters is 1. The van der Waals surface area contributed by atoms with Crippen molar-refractivity contribution in [2.45, 2.75) is 52.4 Å². The van der Waals surface area contributed by atoms with Crippen molar-refractivity contribution in [3.8, 4) is 0 Å². The summed E-state index contributed by atoms with van der Waals surface area (Å²) in [7, 11) is 0. The summed E-state index contributed by atoms with van der Waals surface area (Å²) >= 11 is 0. The zero-order valence-electron chi connectivity index (χ0n) is 12.9. The van der Waals surface area contributed by atoms with Crippen LogP contribution in [0.4, 0.5) is 0 Å². The molecule has 3 atom stereocenters. The molecular weight excluding hydrogens is 270 g/mol. The first-order chi connectivity index (χ1) is 10.1. The summed E-state index contributed by atoms with van der Waals surface area (Å²) in [4.78, 5) is 23.3. The van der Waals surface area contributed by atoms with Crippen molar-refractivity contribution in [3.05, 3.63) is 23.5 Å². The van der Waals surface area contributed by atoms with Crippen molar-refractivity contribution in [1.82, 2.24) is 4.57 Å². The van der Waals surface area contributed by atoms with Gasteiger partial charge in [0.2, 0.25) is 0 Å². The fourth-order valence-electron chi connectivity index (χ4n) is 2.66. The van der Waals surface area contributed by atoms with E-state index in [-0.39, 0.29) is 18.0 Å². The molecule has 0 aromatic carbocycles. The monoisotopic (exact) mass is 293 g/mol. The lowest BCUT2D eigenvalue weighted by Gasteiger charge is -2.19. The number of ether oxygens (including phenoxy) is 2. The molecule has 1 fully saturated rings.